The Hall–Kier alpha value is -1.84. The van der Waals surface area contributed by atoms with Crippen molar-refractivity contribution in [1.82, 2.24) is 15.1 Å². The number of benzene rings is 1. The second-order valence-electron chi connectivity index (χ2n) is 8.15. The standard InChI is InChI=1S/C20H29N5O3S/c1-22(18-12-19(21-13-18)20(26)24-10-11-29-14-24)15-6-8-23(9-7-15)16-2-4-17(5-3-16)25(27)28/h2-5,15,18-19,21H,6-14H2,1H3/t18-,19-/m0/s1. The molecule has 0 aliphatic carbocycles. The second-order valence-corrected chi connectivity index (χ2v) is 9.22. The van der Waals surface area contributed by atoms with Gasteiger partial charge in [-0.3, -0.25) is 19.8 Å². The molecule has 1 aromatic rings. The van der Waals surface area contributed by atoms with Crippen molar-refractivity contribution in [3.63, 3.8) is 0 Å². The van der Waals surface area contributed by atoms with E-state index in [9.17, 15) is 14.9 Å². The minimum Gasteiger partial charge on any atom is -0.371 e. The SMILES string of the molecule is CN(C1CCN(c2ccc([N+](=O)[O-])cc2)CC1)[C@@H]1CN[C@H](C(=O)N2CCSC2)C1. The normalized spacial score (nSPS) is 25.7. The average Bonchev–Trinajstić information content (AvgIpc) is 3.45. The zero-order valence-corrected chi connectivity index (χ0v) is 17.6. The second kappa shape index (κ2) is 8.89. The number of nitrogens with one attached hydrogen (secondary N) is 1. The van der Waals surface area contributed by atoms with Gasteiger partial charge in [0.1, 0.15) is 0 Å². The summed E-state index contributed by atoms with van der Waals surface area (Å²) in [5.74, 6) is 2.15. The molecule has 0 bridgehead atoms. The Morgan fingerprint density at radius 1 is 1.21 bits per heavy atom. The number of amides is 1. The molecular weight excluding hydrogens is 390 g/mol. The van der Waals surface area contributed by atoms with Crippen molar-refractivity contribution in [2.24, 2.45) is 0 Å². The topological polar surface area (TPSA) is 82.0 Å². The van der Waals surface area contributed by atoms with Gasteiger partial charge in [0.05, 0.1) is 16.8 Å². The highest BCUT2D eigenvalue weighted by atomic mass is 32.2. The molecule has 4 rings (SSSR count). The molecule has 3 fully saturated rings. The first kappa shape index (κ1) is 20.4. The quantitative estimate of drug-likeness (QED) is 0.575. The molecule has 3 aliphatic heterocycles. The van der Waals surface area contributed by atoms with E-state index in [0.29, 0.717) is 12.1 Å². The maximum absolute atomic E-state index is 12.6. The van der Waals surface area contributed by atoms with Crippen LogP contribution >= 0.6 is 11.8 Å². The van der Waals surface area contributed by atoms with Crippen LogP contribution < -0.4 is 10.2 Å². The number of piperidine rings is 1. The van der Waals surface area contributed by atoms with E-state index in [1.54, 1.807) is 12.1 Å². The fraction of sp³-hybridized carbons (Fsp3) is 0.650. The summed E-state index contributed by atoms with van der Waals surface area (Å²) >= 11 is 1.83. The predicted molar refractivity (Wildman–Crippen MR) is 115 cm³/mol. The molecule has 2 atom stereocenters. The van der Waals surface area contributed by atoms with Crippen LogP contribution in [0.4, 0.5) is 11.4 Å². The van der Waals surface area contributed by atoms with E-state index in [0.717, 1.165) is 62.8 Å². The first-order valence-electron chi connectivity index (χ1n) is 10.3. The van der Waals surface area contributed by atoms with Gasteiger partial charge in [-0.2, -0.15) is 0 Å². The molecular formula is C20H29N5O3S. The Morgan fingerprint density at radius 2 is 1.93 bits per heavy atom. The van der Waals surface area contributed by atoms with Crippen LogP contribution in [0.3, 0.4) is 0 Å². The fourth-order valence-corrected chi connectivity index (χ4v) is 5.59. The average molecular weight is 420 g/mol. The third-order valence-electron chi connectivity index (χ3n) is 6.51. The molecule has 9 heteroatoms. The molecule has 1 N–H and O–H groups in total. The lowest BCUT2D eigenvalue weighted by atomic mass is 10.00. The molecule has 0 unspecified atom stereocenters. The lowest BCUT2D eigenvalue weighted by molar-refractivity contribution is -0.384. The van der Waals surface area contributed by atoms with Gasteiger partial charge < -0.3 is 15.1 Å². The Labute approximate surface area is 175 Å². The molecule has 0 radical (unpaired) electrons. The number of anilines is 1. The van der Waals surface area contributed by atoms with Crippen molar-refractivity contribution in [1.29, 1.82) is 0 Å². The van der Waals surface area contributed by atoms with Crippen LogP contribution in [-0.4, -0.2) is 83.6 Å². The Balaban J connectivity index is 1.27. The van der Waals surface area contributed by atoms with E-state index < -0.39 is 0 Å². The molecule has 1 amide bonds. The third-order valence-corrected chi connectivity index (χ3v) is 7.48. The van der Waals surface area contributed by atoms with Crippen molar-refractivity contribution < 1.29 is 9.72 Å². The number of nitrogens with zero attached hydrogens (tertiary/aromatic N) is 4. The van der Waals surface area contributed by atoms with Crippen molar-refractivity contribution in [3.8, 4) is 0 Å². The number of carbonyl (C=O) groups is 1. The van der Waals surface area contributed by atoms with Crippen molar-refractivity contribution in [2.75, 3.05) is 49.8 Å². The van der Waals surface area contributed by atoms with Gasteiger partial charge >= 0.3 is 0 Å². The van der Waals surface area contributed by atoms with Gasteiger partial charge in [0.25, 0.3) is 5.69 Å². The molecule has 8 nitrogen and oxygen atoms in total. The number of rotatable bonds is 5. The lowest BCUT2D eigenvalue weighted by Gasteiger charge is -2.40. The Bertz CT molecular complexity index is 732. The van der Waals surface area contributed by atoms with Crippen LogP contribution in [0.5, 0.6) is 0 Å². The van der Waals surface area contributed by atoms with Crippen LogP contribution in [0, 0.1) is 10.1 Å². The number of hydrogen-bond acceptors (Lipinski definition) is 7. The summed E-state index contributed by atoms with van der Waals surface area (Å²) in [5, 5.41) is 14.3. The maximum Gasteiger partial charge on any atom is 0.269 e. The predicted octanol–water partition coefficient (Wildman–Crippen LogP) is 1.76. The van der Waals surface area contributed by atoms with Crippen LogP contribution in [0.1, 0.15) is 19.3 Å². The molecule has 3 heterocycles. The summed E-state index contributed by atoms with van der Waals surface area (Å²) in [6.07, 6.45) is 3.01. The summed E-state index contributed by atoms with van der Waals surface area (Å²) in [5.41, 5.74) is 1.18. The number of likely N-dealkylation sites (N-methyl/N-ethyl adjacent to an activating group) is 1. The number of hydrogen-bond donors (Lipinski definition) is 1. The summed E-state index contributed by atoms with van der Waals surface area (Å²) in [6.45, 7) is 3.64. The monoisotopic (exact) mass is 419 g/mol. The van der Waals surface area contributed by atoms with Gasteiger partial charge in [-0.05, 0) is 38.4 Å². The minimum absolute atomic E-state index is 0.0404. The smallest absolute Gasteiger partial charge is 0.269 e. The first-order chi connectivity index (χ1) is 14.0. The number of thioether (sulfide) groups is 1. The highest BCUT2D eigenvalue weighted by Crippen LogP contribution is 2.27. The maximum atomic E-state index is 12.6. The highest BCUT2D eigenvalue weighted by molar-refractivity contribution is 7.99. The molecule has 0 spiro atoms. The van der Waals surface area contributed by atoms with Crippen LogP contribution in [0.2, 0.25) is 0 Å². The van der Waals surface area contributed by atoms with Gasteiger partial charge in [0.2, 0.25) is 5.91 Å². The summed E-state index contributed by atoms with van der Waals surface area (Å²) < 4.78 is 0. The van der Waals surface area contributed by atoms with Gasteiger partial charge in [-0.15, -0.1) is 11.8 Å². The number of nitro benzene ring substituents is 1. The summed E-state index contributed by atoms with van der Waals surface area (Å²) in [4.78, 5) is 29.9. The van der Waals surface area contributed by atoms with E-state index in [-0.39, 0.29) is 22.6 Å². The number of nitro groups is 1. The van der Waals surface area contributed by atoms with E-state index in [1.807, 2.05) is 28.8 Å². The number of carbonyl (C=O) groups excluding carboxylic acids is 1. The molecule has 0 saturated carbocycles. The van der Waals surface area contributed by atoms with Gasteiger partial charge in [0.15, 0.2) is 0 Å². The van der Waals surface area contributed by atoms with Crippen LogP contribution in [-0.2, 0) is 4.79 Å². The largest absolute Gasteiger partial charge is 0.371 e. The van der Waals surface area contributed by atoms with Crippen LogP contribution in [0.25, 0.3) is 0 Å². The Kier molecular flexibility index (Phi) is 6.26. The van der Waals surface area contributed by atoms with Crippen molar-refractivity contribution >= 4 is 29.0 Å². The highest BCUT2D eigenvalue weighted by Gasteiger charge is 2.37. The fourth-order valence-electron chi connectivity index (χ4n) is 4.64. The molecule has 158 valence electrons. The minimum atomic E-state index is -0.360. The van der Waals surface area contributed by atoms with E-state index in [4.69, 9.17) is 0 Å². The number of non-ortho nitro benzene ring substituents is 1. The van der Waals surface area contributed by atoms with E-state index in [1.165, 1.54) is 0 Å². The van der Waals surface area contributed by atoms with E-state index in [2.05, 4.69) is 22.2 Å². The lowest BCUT2D eigenvalue weighted by Crippen LogP contribution is -2.48. The van der Waals surface area contributed by atoms with Gasteiger partial charge in [0, 0.05) is 61.8 Å². The molecule has 3 aliphatic rings. The van der Waals surface area contributed by atoms with Gasteiger partial charge in [-0.1, -0.05) is 0 Å². The van der Waals surface area contributed by atoms with Crippen molar-refractivity contribution in [2.45, 2.75) is 37.4 Å². The van der Waals surface area contributed by atoms with E-state index >= 15 is 0 Å². The van der Waals surface area contributed by atoms with Crippen molar-refractivity contribution in [3.05, 3.63) is 34.4 Å². The first-order valence-corrected chi connectivity index (χ1v) is 11.5. The van der Waals surface area contributed by atoms with Gasteiger partial charge in [-0.25, -0.2) is 0 Å². The molecule has 3 saturated heterocycles. The summed E-state index contributed by atoms with van der Waals surface area (Å²) in [6, 6.07) is 7.71. The third kappa shape index (κ3) is 4.51. The molecule has 0 aromatic heterocycles. The molecule has 1 aromatic carbocycles. The molecule has 29 heavy (non-hydrogen) atoms. The zero-order chi connectivity index (χ0) is 20.4. The summed E-state index contributed by atoms with van der Waals surface area (Å²) in [7, 11) is 2.19. The zero-order valence-electron chi connectivity index (χ0n) is 16.8. The van der Waals surface area contributed by atoms with Crippen LogP contribution in [0.15, 0.2) is 24.3 Å². The Morgan fingerprint density at radius 3 is 2.55 bits per heavy atom.